The summed E-state index contributed by atoms with van der Waals surface area (Å²) in [5.74, 6) is 0.0412. The molecule has 0 fully saturated rings. The van der Waals surface area contributed by atoms with Crippen molar-refractivity contribution in [1.82, 2.24) is 0 Å². The maximum absolute atomic E-state index is 12.1. The number of cyclic esters (lactones) is 1. The number of allylic oxidation sites excluding steroid dienone is 2. The highest BCUT2D eigenvalue weighted by Crippen LogP contribution is 2.28. The van der Waals surface area contributed by atoms with Crippen molar-refractivity contribution in [2.45, 2.75) is 0 Å². The molecule has 2 aromatic rings. The van der Waals surface area contributed by atoms with Crippen LogP contribution in [0.1, 0.15) is 11.1 Å². The highest BCUT2D eigenvalue weighted by Gasteiger charge is 2.26. The summed E-state index contributed by atoms with van der Waals surface area (Å²) in [5.41, 5.74) is 1.51. The van der Waals surface area contributed by atoms with Crippen LogP contribution < -0.4 is 4.74 Å². The normalized spacial score (nSPS) is 16.0. The molecule has 0 aliphatic carbocycles. The average molecular weight is 374 g/mol. The van der Waals surface area contributed by atoms with Gasteiger partial charge in [0, 0.05) is 10.1 Å². The average Bonchev–Trinajstić information content (AvgIpc) is 2.96. The van der Waals surface area contributed by atoms with Gasteiger partial charge in [0.05, 0.1) is 12.7 Å². The third kappa shape index (κ3) is 4.10. The molecule has 0 aromatic heterocycles. The fourth-order valence-electron chi connectivity index (χ4n) is 2.25. The van der Waals surface area contributed by atoms with E-state index in [0.717, 1.165) is 5.56 Å². The fourth-order valence-corrected chi connectivity index (χ4v) is 2.65. The lowest BCUT2D eigenvalue weighted by Crippen LogP contribution is -2.07. The topological polar surface area (TPSA) is 47.9 Å². The minimum atomic E-state index is -0.586. The second kappa shape index (κ2) is 7.55. The third-order valence-corrected chi connectivity index (χ3v) is 3.84. The number of rotatable bonds is 4. The van der Waals surface area contributed by atoms with Gasteiger partial charge in [0.1, 0.15) is 5.75 Å². The highest BCUT2D eigenvalue weighted by molar-refractivity contribution is 6.33. The zero-order chi connectivity index (χ0) is 17.8. The molecule has 0 N–H and O–H groups in total. The van der Waals surface area contributed by atoms with Gasteiger partial charge in [-0.05, 0) is 35.9 Å². The summed E-state index contributed by atoms with van der Waals surface area (Å²) in [6.45, 7) is 0. The molecule has 4 nitrogen and oxygen atoms in total. The molecule has 126 valence electrons. The number of hydrogen-bond acceptors (Lipinski definition) is 4. The number of carbonyl (C=O) groups excluding carboxylic acids is 1. The van der Waals surface area contributed by atoms with Gasteiger partial charge in [-0.1, -0.05) is 53.5 Å². The summed E-state index contributed by atoms with van der Waals surface area (Å²) in [6, 6.07) is 14.5. The first-order valence-corrected chi connectivity index (χ1v) is 8.11. The van der Waals surface area contributed by atoms with E-state index in [4.69, 9.17) is 32.7 Å². The molecule has 1 aliphatic heterocycles. The number of methoxy groups -OCH3 is 1. The maximum atomic E-state index is 12.1. The van der Waals surface area contributed by atoms with Gasteiger partial charge in [0.2, 0.25) is 5.90 Å². The zero-order valence-electron chi connectivity index (χ0n) is 13.2. The largest absolute Gasteiger partial charge is 0.496 e. The molecule has 2 aromatic carbocycles. The van der Waals surface area contributed by atoms with E-state index in [1.54, 1.807) is 24.3 Å². The Hall–Kier alpha value is -2.56. The van der Waals surface area contributed by atoms with Crippen LogP contribution in [0.2, 0.25) is 5.02 Å². The van der Waals surface area contributed by atoms with Crippen LogP contribution in [0.25, 0.3) is 6.08 Å². The number of hydrogen-bond donors (Lipinski definition) is 0. The van der Waals surface area contributed by atoms with Gasteiger partial charge < -0.3 is 9.47 Å². The lowest BCUT2D eigenvalue weighted by Gasteiger charge is -2.07. The van der Waals surface area contributed by atoms with Crippen molar-refractivity contribution in [3.8, 4) is 5.75 Å². The van der Waals surface area contributed by atoms with E-state index in [0.29, 0.717) is 21.4 Å². The molecule has 25 heavy (non-hydrogen) atoms. The fraction of sp³-hybridized carbons (Fsp3) is 0.0526. The summed E-state index contributed by atoms with van der Waals surface area (Å²) in [6.07, 6.45) is 3.19. The zero-order valence-corrected chi connectivity index (χ0v) is 14.7. The van der Waals surface area contributed by atoms with Crippen LogP contribution in [-0.2, 0) is 9.53 Å². The molecule has 1 heterocycles. The van der Waals surface area contributed by atoms with E-state index in [2.05, 4.69) is 4.99 Å². The van der Waals surface area contributed by atoms with Crippen LogP contribution in [0.3, 0.4) is 0 Å². The molecule has 6 heteroatoms. The predicted molar refractivity (Wildman–Crippen MR) is 99.0 cm³/mol. The molecule has 0 radical (unpaired) electrons. The Bertz CT molecular complexity index is 902. The smallest absolute Gasteiger partial charge is 0.363 e. The van der Waals surface area contributed by atoms with Crippen molar-refractivity contribution in [3.63, 3.8) is 0 Å². The molecule has 0 amide bonds. The summed E-state index contributed by atoms with van der Waals surface area (Å²) < 4.78 is 10.5. The number of nitrogens with zero attached hydrogens (tertiary/aromatic N) is 1. The molecule has 0 unspecified atom stereocenters. The highest BCUT2D eigenvalue weighted by atomic mass is 35.5. The Morgan fingerprint density at radius 3 is 2.68 bits per heavy atom. The van der Waals surface area contributed by atoms with Crippen molar-refractivity contribution >= 4 is 41.1 Å². The quantitative estimate of drug-likeness (QED) is 0.570. The predicted octanol–water partition coefficient (Wildman–Crippen LogP) is 4.82. The molecule has 1 aliphatic rings. The van der Waals surface area contributed by atoms with Gasteiger partial charge in [-0.3, -0.25) is 0 Å². The van der Waals surface area contributed by atoms with E-state index in [1.807, 2.05) is 30.3 Å². The molecule has 0 atom stereocenters. The Morgan fingerprint density at radius 1 is 1.20 bits per heavy atom. The van der Waals surface area contributed by atoms with Crippen LogP contribution in [0.15, 0.2) is 70.3 Å². The van der Waals surface area contributed by atoms with Crippen molar-refractivity contribution in [1.29, 1.82) is 0 Å². The molecule has 0 saturated carbocycles. The van der Waals surface area contributed by atoms with Crippen molar-refractivity contribution in [2.75, 3.05) is 7.11 Å². The van der Waals surface area contributed by atoms with Gasteiger partial charge in [0.15, 0.2) is 5.70 Å². The molecule has 0 spiro atoms. The second-order valence-corrected chi connectivity index (χ2v) is 5.99. The first-order valence-electron chi connectivity index (χ1n) is 7.35. The van der Waals surface area contributed by atoms with Crippen LogP contribution in [0, 0.1) is 0 Å². The van der Waals surface area contributed by atoms with Crippen molar-refractivity contribution in [3.05, 3.63) is 81.5 Å². The van der Waals surface area contributed by atoms with Gasteiger partial charge in [-0.25, -0.2) is 9.79 Å². The Labute approximate surface area is 155 Å². The Balaban J connectivity index is 1.93. The Morgan fingerprint density at radius 2 is 1.96 bits per heavy atom. The maximum Gasteiger partial charge on any atom is 0.363 e. The molecular weight excluding hydrogens is 361 g/mol. The number of ether oxygens (including phenoxy) is 2. The van der Waals surface area contributed by atoms with E-state index in [9.17, 15) is 4.79 Å². The number of halogens is 2. The second-order valence-electron chi connectivity index (χ2n) is 5.12. The van der Waals surface area contributed by atoms with Crippen LogP contribution in [0.4, 0.5) is 0 Å². The van der Waals surface area contributed by atoms with Crippen molar-refractivity contribution < 1.29 is 14.3 Å². The van der Waals surface area contributed by atoms with Gasteiger partial charge in [0.25, 0.3) is 0 Å². The summed E-state index contributed by atoms with van der Waals surface area (Å²) in [7, 11) is 1.51. The molecule has 0 bridgehead atoms. The molecule has 0 saturated heterocycles. The molecular formula is C19H13Cl2NO3. The SMILES string of the molecule is COc1ccc(Cl)cc1C1=N/C(=C/C(Cl)=C/c2ccccc2)C(=O)O1. The summed E-state index contributed by atoms with van der Waals surface area (Å²) >= 11 is 12.2. The number of esters is 1. The van der Waals surface area contributed by atoms with Crippen molar-refractivity contribution in [2.24, 2.45) is 4.99 Å². The third-order valence-electron chi connectivity index (χ3n) is 3.39. The Kier molecular flexibility index (Phi) is 5.22. The minimum absolute atomic E-state index is 0.106. The van der Waals surface area contributed by atoms with E-state index < -0.39 is 5.97 Å². The minimum Gasteiger partial charge on any atom is -0.496 e. The number of carbonyl (C=O) groups is 1. The number of aliphatic imine (C=N–C) groups is 1. The van der Waals surface area contributed by atoms with Crippen LogP contribution in [-0.4, -0.2) is 19.0 Å². The van der Waals surface area contributed by atoms with Crippen LogP contribution >= 0.6 is 23.2 Å². The molecule has 3 rings (SSSR count). The van der Waals surface area contributed by atoms with Gasteiger partial charge in [-0.15, -0.1) is 0 Å². The lowest BCUT2D eigenvalue weighted by atomic mass is 10.2. The first kappa shape index (κ1) is 17.3. The van der Waals surface area contributed by atoms with E-state index >= 15 is 0 Å². The number of benzene rings is 2. The lowest BCUT2D eigenvalue weighted by molar-refractivity contribution is -0.130. The van der Waals surface area contributed by atoms with Gasteiger partial charge >= 0.3 is 5.97 Å². The summed E-state index contributed by atoms with van der Waals surface area (Å²) in [5, 5.41) is 0.843. The monoisotopic (exact) mass is 373 g/mol. The van der Waals surface area contributed by atoms with Crippen LogP contribution in [0.5, 0.6) is 5.75 Å². The summed E-state index contributed by atoms with van der Waals surface area (Å²) in [4.78, 5) is 16.3. The van der Waals surface area contributed by atoms with E-state index in [1.165, 1.54) is 13.2 Å². The standard InChI is InChI=1S/C19H13Cl2NO3/c1-24-17-8-7-13(20)10-15(17)18-22-16(19(23)25-18)11-14(21)9-12-5-3-2-4-6-12/h2-11H,1H3/b14-9-,16-11+. The van der Waals surface area contributed by atoms with E-state index in [-0.39, 0.29) is 11.6 Å². The first-order chi connectivity index (χ1) is 12.1. The van der Waals surface area contributed by atoms with Gasteiger partial charge in [-0.2, -0.15) is 0 Å².